The fourth-order valence-corrected chi connectivity index (χ4v) is 4.08. The Kier molecular flexibility index (Phi) is 4.03. The highest BCUT2D eigenvalue weighted by atomic mass is 35.5. The van der Waals surface area contributed by atoms with Crippen molar-refractivity contribution in [1.82, 2.24) is 0 Å². The van der Waals surface area contributed by atoms with Crippen molar-refractivity contribution in [2.24, 2.45) is 0 Å². The average molecular weight is 318 g/mol. The molecule has 0 saturated heterocycles. The topological polar surface area (TPSA) is 55.4 Å². The molecule has 0 spiro atoms. The molecule has 1 aromatic heterocycles. The Morgan fingerprint density at radius 3 is 2.58 bits per heavy atom. The molecule has 0 bridgehead atoms. The number of thiophene rings is 1. The zero-order valence-electron chi connectivity index (χ0n) is 10.3. The summed E-state index contributed by atoms with van der Waals surface area (Å²) in [6.07, 6.45) is 0. The van der Waals surface area contributed by atoms with Gasteiger partial charge in [0.1, 0.15) is 9.96 Å². The van der Waals surface area contributed by atoms with Crippen LogP contribution in [0, 0.1) is 6.92 Å². The molecule has 0 amide bonds. The predicted molar refractivity (Wildman–Crippen MR) is 77.9 cm³/mol. The Morgan fingerprint density at radius 1 is 1.26 bits per heavy atom. The van der Waals surface area contributed by atoms with Crippen LogP contribution < -0.4 is 9.46 Å². The van der Waals surface area contributed by atoms with E-state index < -0.39 is 10.0 Å². The lowest BCUT2D eigenvalue weighted by Crippen LogP contribution is -2.12. The molecule has 19 heavy (non-hydrogen) atoms. The molecule has 102 valence electrons. The number of anilines is 1. The second kappa shape index (κ2) is 5.40. The fraction of sp³-hybridized carbons (Fsp3) is 0.167. The van der Waals surface area contributed by atoms with Gasteiger partial charge in [0, 0.05) is 0 Å². The van der Waals surface area contributed by atoms with Gasteiger partial charge in [0.05, 0.1) is 17.1 Å². The van der Waals surface area contributed by atoms with E-state index in [1.807, 2.05) is 13.0 Å². The number of hydrogen-bond donors (Lipinski definition) is 1. The molecule has 0 unspecified atom stereocenters. The van der Waals surface area contributed by atoms with E-state index in [-0.39, 0.29) is 4.21 Å². The predicted octanol–water partition coefficient (Wildman–Crippen LogP) is 3.52. The van der Waals surface area contributed by atoms with Crippen molar-refractivity contribution in [3.8, 4) is 5.75 Å². The summed E-state index contributed by atoms with van der Waals surface area (Å²) in [5.41, 5.74) is 1.34. The Bertz CT molecular complexity index is 695. The summed E-state index contributed by atoms with van der Waals surface area (Å²) in [5, 5.41) is 0. The van der Waals surface area contributed by atoms with Crippen molar-refractivity contribution in [1.29, 1.82) is 0 Å². The van der Waals surface area contributed by atoms with Gasteiger partial charge in [0.25, 0.3) is 10.0 Å². The van der Waals surface area contributed by atoms with E-state index in [2.05, 4.69) is 4.72 Å². The Morgan fingerprint density at radius 2 is 2.00 bits per heavy atom. The third-order valence-electron chi connectivity index (χ3n) is 2.41. The molecule has 1 heterocycles. The number of aryl methyl sites for hydroxylation is 1. The van der Waals surface area contributed by atoms with Crippen molar-refractivity contribution in [3.63, 3.8) is 0 Å². The number of halogens is 1. The monoisotopic (exact) mass is 317 g/mol. The van der Waals surface area contributed by atoms with Gasteiger partial charge in [-0.15, -0.1) is 11.3 Å². The van der Waals surface area contributed by atoms with Gasteiger partial charge in [-0.25, -0.2) is 8.42 Å². The normalized spacial score (nSPS) is 11.3. The zero-order valence-corrected chi connectivity index (χ0v) is 12.7. The van der Waals surface area contributed by atoms with Gasteiger partial charge in [-0.3, -0.25) is 4.72 Å². The van der Waals surface area contributed by atoms with Gasteiger partial charge in [-0.05, 0) is 36.8 Å². The van der Waals surface area contributed by atoms with Gasteiger partial charge < -0.3 is 4.74 Å². The smallest absolute Gasteiger partial charge is 0.271 e. The molecule has 2 aromatic rings. The molecule has 0 fully saturated rings. The van der Waals surface area contributed by atoms with Gasteiger partial charge >= 0.3 is 0 Å². The van der Waals surface area contributed by atoms with E-state index >= 15 is 0 Å². The van der Waals surface area contributed by atoms with Gasteiger partial charge in [0.15, 0.2) is 0 Å². The number of sulfonamides is 1. The molecule has 1 aromatic carbocycles. The summed E-state index contributed by atoms with van der Waals surface area (Å²) in [4.78, 5) is 0. The number of ether oxygens (including phenoxy) is 1. The molecule has 0 radical (unpaired) electrons. The number of hydrogen-bond acceptors (Lipinski definition) is 4. The van der Waals surface area contributed by atoms with Gasteiger partial charge in [-0.1, -0.05) is 17.7 Å². The summed E-state index contributed by atoms with van der Waals surface area (Å²) in [7, 11) is -2.15. The highest BCUT2D eigenvalue weighted by Crippen LogP contribution is 2.31. The lowest BCUT2D eigenvalue weighted by Gasteiger charge is -2.11. The van der Waals surface area contributed by atoms with Crippen LogP contribution in [0.5, 0.6) is 5.75 Å². The van der Waals surface area contributed by atoms with E-state index in [0.717, 1.165) is 16.9 Å². The molecule has 0 aliphatic carbocycles. The molecule has 4 nitrogen and oxygen atoms in total. The fourth-order valence-electron chi connectivity index (χ4n) is 1.54. The molecular formula is C12H12ClNO3S2. The van der Waals surface area contributed by atoms with Crippen LogP contribution in [0.2, 0.25) is 4.34 Å². The summed E-state index contributed by atoms with van der Waals surface area (Å²) in [5.74, 6) is 0.469. The SMILES string of the molecule is COc1ccc(C)cc1NS(=O)(=O)c1ccc(Cl)s1. The van der Waals surface area contributed by atoms with Crippen LogP contribution >= 0.6 is 22.9 Å². The van der Waals surface area contributed by atoms with E-state index in [1.54, 1.807) is 18.2 Å². The summed E-state index contributed by atoms with van der Waals surface area (Å²) < 4.78 is 32.6. The quantitative estimate of drug-likeness (QED) is 0.938. The lowest BCUT2D eigenvalue weighted by molar-refractivity contribution is 0.417. The maximum Gasteiger partial charge on any atom is 0.271 e. The molecule has 0 saturated carbocycles. The van der Waals surface area contributed by atoms with Crippen LogP contribution in [0.3, 0.4) is 0 Å². The molecular weight excluding hydrogens is 306 g/mol. The Labute approximate surface area is 121 Å². The zero-order chi connectivity index (χ0) is 14.0. The highest BCUT2D eigenvalue weighted by molar-refractivity contribution is 7.94. The first-order valence-corrected chi connectivity index (χ1v) is 8.03. The first-order chi connectivity index (χ1) is 8.92. The van der Waals surface area contributed by atoms with Crippen LogP contribution in [0.4, 0.5) is 5.69 Å². The van der Waals surface area contributed by atoms with Gasteiger partial charge in [0.2, 0.25) is 0 Å². The van der Waals surface area contributed by atoms with Crippen LogP contribution in [-0.4, -0.2) is 15.5 Å². The largest absolute Gasteiger partial charge is 0.495 e. The second-order valence-electron chi connectivity index (χ2n) is 3.87. The van der Waals surface area contributed by atoms with Crippen LogP contribution in [0.15, 0.2) is 34.5 Å². The standard InChI is InChI=1S/C12H12ClNO3S2/c1-8-3-4-10(17-2)9(7-8)14-19(15,16)12-6-5-11(13)18-12/h3-7,14H,1-2H3. The van der Waals surface area contributed by atoms with E-state index in [9.17, 15) is 8.42 Å². The minimum atomic E-state index is -3.64. The molecule has 2 rings (SSSR count). The van der Waals surface area contributed by atoms with Crippen molar-refractivity contribution >= 4 is 38.6 Å². The van der Waals surface area contributed by atoms with Gasteiger partial charge in [-0.2, -0.15) is 0 Å². The summed E-state index contributed by atoms with van der Waals surface area (Å²) >= 11 is 6.76. The molecule has 0 atom stereocenters. The van der Waals surface area contributed by atoms with Crippen molar-refractivity contribution in [2.45, 2.75) is 11.1 Å². The average Bonchev–Trinajstić information content (AvgIpc) is 2.76. The number of rotatable bonds is 4. The first-order valence-electron chi connectivity index (χ1n) is 5.35. The molecule has 0 aliphatic heterocycles. The highest BCUT2D eigenvalue weighted by Gasteiger charge is 2.18. The molecule has 7 heteroatoms. The number of methoxy groups -OCH3 is 1. The molecule has 1 N–H and O–H groups in total. The summed E-state index contributed by atoms with van der Waals surface area (Å²) in [6.45, 7) is 1.87. The van der Waals surface area contributed by atoms with E-state index in [1.165, 1.54) is 13.2 Å². The van der Waals surface area contributed by atoms with Crippen molar-refractivity contribution < 1.29 is 13.2 Å². The van der Waals surface area contributed by atoms with Crippen molar-refractivity contribution in [2.75, 3.05) is 11.8 Å². The number of benzene rings is 1. The van der Waals surface area contributed by atoms with E-state index in [4.69, 9.17) is 16.3 Å². The minimum absolute atomic E-state index is 0.168. The maximum absolute atomic E-state index is 12.2. The van der Waals surface area contributed by atoms with Crippen LogP contribution in [0.1, 0.15) is 5.56 Å². The molecule has 0 aliphatic rings. The number of nitrogens with one attached hydrogen (secondary N) is 1. The lowest BCUT2D eigenvalue weighted by atomic mass is 10.2. The maximum atomic E-state index is 12.2. The Balaban J connectivity index is 2.38. The Hall–Kier alpha value is -1.24. The van der Waals surface area contributed by atoms with Crippen LogP contribution in [0.25, 0.3) is 0 Å². The first kappa shape index (κ1) is 14.2. The van der Waals surface area contributed by atoms with Crippen molar-refractivity contribution in [3.05, 3.63) is 40.2 Å². The summed E-state index contributed by atoms with van der Waals surface area (Å²) in [6, 6.07) is 8.30. The third kappa shape index (κ3) is 3.20. The minimum Gasteiger partial charge on any atom is -0.495 e. The second-order valence-corrected chi connectivity index (χ2v) is 7.49. The van der Waals surface area contributed by atoms with E-state index in [0.29, 0.717) is 15.8 Å². The van der Waals surface area contributed by atoms with Crippen LogP contribution in [-0.2, 0) is 10.0 Å². The third-order valence-corrected chi connectivity index (χ3v) is 5.50.